The fourth-order valence-corrected chi connectivity index (χ4v) is 2.56. The van der Waals surface area contributed by atoms with E-state index in [0.717, 1.165) is 47.6 Å². The second-order valence-corrected chi connectivity index (χ2v) is 6.13. The van der Waals surface area contributed by atoms with Crippen molar-refractivity contribution in [3.05, 3.63) is 16.0 Å². The molecule has 0 fully saturated rings. The molecule has 0 aliphatic heterocycles. The van der Waals surface area contributed by atoms with E-state index >= 15 is 0 Å². The highest BCUT2D eigenvalue weighted by Crippen LogP contribution is 2.29. The molecule has 20 heavy (non-hydrogen) atoms. The maximum atomic E-state index is 5.54. The molecule has 0 saturated carbocycles. The first-order chi connectivity index (χ1) is 9.53. The monoisotopic (exact) mass is 343 g/mol. The molecule has 0 radical (unpaired) electrons. The molecule has 1 aromatic rings. The molecule has 1 aromatic heterocycles. The van der Waals surface area contributed by atoms with Gasteiger partial charge in [-0.2, -0.15) is 0 Å². The molecule has 114 valence electrons. The van der Waals surface area contributed by atoms with Crippen molar-refractivity contribution in [2.45, 2.75) is 53.1 Å². The highest BCUT2D eigenvalue weighted by Gasteiger charge is 2.19. The van der Waals surface area contributed by atoms with Crippen LogP contribution in [0.15, 0.2) is 4.47 Å². The molecule has 0 aliphatic rings. The molecular weight excluding hydrogens is 318 g/mol. The zero-order valence-corrected chi connectivity index (χ0v) is 14.7. The largest absolute Gasteiger partial charge is 0.373 e. The Bertz CT molecular complexity index is 424. The summed E-state index contributed by atoms with van der Waals surface area (Å²) in [7, 11) is 1.72. The summed E-state index contributed by atoms with van der Waals surface area (Å²) in [4.78, 5) is 9.35. The van der Waals surface area contributed by atoms with Crippen LogP contribution in [0.4, 0.5) is 5.82 Å². The zero-order chi connectivity index (χ0) is 15.1. The van der Waals surface area contributed by atoms with Crippen molar-refractivity contribution in [1.29, 1.82) is 0 Å². The lowest BCUT2D eigenvalue weighted by atomic mass is 10.1. The Morgan fingerprint density at radius 1 is 1.25 bits per heavy atom. The van der Waals surface area contributed by atoms with Crippen molar-refractivity contribution in [2.24, 2.45) is 5.92 Å². The first kappa shape index (κ1) is 17.4. The Morgan fingerprint density at radius 2 is 1.95 bits per heavy atom. The Labute approximate surface area is 130 Å². The maximum Gasteiger partial charge on any atom is 0.159 e. The van der Waals surface area contributed by atoms with Gasteiger partial charge in [-0.1, -0.05) is 27.2 Å². The summed E-state index contributed by atoms with van der Waals surface area (Å²) in [5, 5.41) is 3.30. The topological polar surface area (TPSA) is 47.0 Å². The van der Waals surface area contributed by atoms with E-state index in [0.29, 0.717) is 5.92 Å². The van der Waals surface area contributed by atoms with Crippen LogP contribution in [-0.4, -0.2) is 23.6 Å². The van der Waals surface area contributed by atoms with Crippen molar-refractivity contribution in [2.75, 3.05) is 19.0 Å². The number of rotatable bonds is 8. The molecule has 1 rings (SSSR count). The maximum absolute atomic E-state index is 5.54. The number of methoxy groups -OCH3 is 1. The molecule has 0 aromatic carbocycles. The molecule has 0 bridgehead atoms. The molecule has 1 atom stereocenters. The molecular formula is C15H26BrN3O. The number of anilines is 1. The van der Waals surface area contributed by atoms with Crippen molar-refractivity contribution in [3.63, 3.8) is 0 Å². The standard InChI is InChI=1S/C15H26BrN3O/c1-6-8-12(20-5)14-18-11(9-10(3)4)13(16)15(19-14)17-7-2/h10,12H,6-9H2,1-5H3,(H,17,18,19). The number of aromatic nitrogens is 2. The van der Waals surface area contributed by atoms with Gasteiger partial charge in [-0.15, -0.1) is 0 Å². The molecule has 1 N–H and O–H groups in total. The molecule has 0 spiro atoms. The zero-order valence-electron chi connectivity index (χ0n) is 13.2. The Balaban J connectivity index is 3.19. The van der Waals surface area contributed by atoms with Gasteiger partial charge in [0.25, 0.3) is 0 Å². The number of hydrogen-bond donors (Lipinski definition) is 1. The normalized spacial score (nSPS) is 12.8. The summed E-state index contributed by atoms with van der Waals surface area (Å²) in [6, 6.07) is 0. The molecule has 1 unspecified atom stereocenters. The Kier molecular flexibility index (Phi) is 7.45. The Hall–Kier alpha value is -0.680. The van der Waals surface area contributed by atoms with E-state index in [1.54, 1.807) is 7.11 Å². The minimum atomic E-state index is -0.0311. The quantitative estimate of drug-likeness (QED) is 0.761. The molecule has 0 saturated heterocycles. The number of ether oxygens (including phenoxy) is 1. The van der Waals surface area contributed by atoms with Gasteiger partial charge in [-0.05, 0) is 41.6 Å². The molecule has 5 heteroatoms. The van der Waals surface area contributed by atoms with Gasteiger partial charge >= 0.3 is 0 Å². The highest BCUT2D eigenvalue weighted by molar-refractivity contribution is 9.10. The summed E-state index contributed by atoms with van der Waals surface area (Å²) in [5.74, 6) is 2.20. The minimum absolute atomic E-state index is 0.0311. The fourth-order valence-electron chi connectivity index (χ4n) is 2.08. The first-order valence-electron chi connectivity index (χ1n) is 7.36. The van der Waals surface area contributed by atoms with Gasteiger partial charge in [0.05, 0.1) is 10.2 Å². The fraction of sp³-hybridized carbons (Fsp3) is 0.733. The number of nitrogens with one attached hydrogen (secondary N) is 1. The van der Waals surface area contributed by atoms with Gasteiger partial charge in [-0.25, -0.2) is 9.97 Å². The van der Waals surface area contributed by atoms with Crippen molar-refractivity contribution >= 4 is 21.7 Å². The number of nitrogens with zero attached hydrogens (tertiary/aromatic N) is 2. The number of hydrogen-bond acceptors (Lipinski definition) is 4. The predicted molar refractivity (Wildman–Crippen MR) is 87.1 cm³/mol. The smallest absolute Gasteiger partial charge is 0.159 e. The third-order valence-electron chi connectivity index (χ3n) is 3.01. The van der Waals surface area contributed by atoms with Crippen molar-refractivity contribution < 1.29 is 4.74 Å². The van der Waals surface area contributed by atoms with E-state index in [9.17, 15) is 0 Å². The summed E-state index contributed by atoms with van der Waals surface area (Å²) in [6.07, 6.45) is 2.88. The van der Waals surface area contributed by atoms with E-state index in [1.807, 2.05) is 0 Å². The van der Waals surface area contributed by atoms with E-state index in [-0.39, 0.29) is 6.10 Å². The highest BCUT2D eigenvalue weighted by atomic mass is 79.9. The molecule has 0 amide bonds. The van der Waals surface area contributed by atoms with Crippen LogP contribution in [0.2, 0.25) is 0 Å². The van der Waals surface area contributed by atoms with Crippen LogP contribution in [0.1, 0.15) is 58.2 Å². The average molecular weight is 344 g/mol. The van der Waals surface area contributed by atoms with Gasteiger partial charge in [0, 0.05) is 13.7 Å². The first-order valence-corrected chi connectivity index (χ1v) is 8.15. The second-order valence-electron chi connectivity index (χ2n) is 5.33. The van der Waals surface area contributed by atoms with Gasteiger partial charge in [0.15, 0.2) is 5.82 Å². The lowest BCUT2D eigenvalue weighted by Gasteiger charge is -2.18. The molecule has 1 heterocycles. The van der Waals surface area contributed by atoms with Crippen LogP contribution in [0.25, 0.3) is 0 Å². The second kappa shape index (κ2) is 8.57. The average Bonchev–Trinajstić information content (AvgIpc) is 2.40. The van der Waals surface area contributed by atoms with E-state index in [1.165, 1.54) is 0 Å². The molecule has 0 aliphatic carbocycles. The summed E-state index contributed by atoms with van der Waals surface area (Å²) in [6.45, 7) is 9.44. The van der Waals surface area contributed by atoms with Crippen LogP contribution >= 0.6 is 15.9 Å². The van der Waals surface area contributed by atoms with Crippen LogP contribution < -0.4 is 5.32 Å². The van der Waals surface area contributed by atoms with E-state index < -0.39 is 0 Å². The Morgan fingerprint density at radius 3 is 2.45 bits per heavy atom. The molecule has 4 nitrogen and oxygen atoms in total. The summed E-state index contributed by atoms with van der Waals surface area (Å²) < 4.78 is 6.52. The van der Waals surface area contributed by atoms with E-state index in [2.05, 4.69) is 53.9 Å². The van der Waals surface area contributed by atoms with Gasteiger partial charge in [0.1, 0.15) is 11.9 Å². The lowest BCUT2D eigenvalue weighted by Crippen LogP contribution is -2.13. The van der Waals surface area contributed by atoms with Gasteiger partial charge in [-0.3, -0.25) is 0 Å². The number of halogens is 1. The minimum Gasteiger partial charge on any atom is -0.373 e. The lowest BCUT2D eigenvalue weighted by molar-refractivity contribution is 0.0874. The van der Waals surface area contributed by atoms with Gasteiger partial charge < -0.3 is 10.1 Å². The SMILES string of the molecule is CCCC(OC)c1nc(CC(C)C)c(Br)c(NCC)n1. The summed E-state index contributed by atoms with van der Waals surface area (Å²) in [5.41, 5.74) is 1.05. The van der Waals surface area contributed by atoms with Crippen molar-refractivity contribution in [3.8, 4) is 0 Å². The van der Waals surface area contributed by atoms with Gasteiger partial charge in [0.2, 0.25) is 0 Å². The predicted octanol–water partition coefficient (Wildman–Crippen LogP) is 4.36. The van der Waals surface area contributed by atoms with E-state index in [4.69, 9.17) is 9.72 Å². The van der Waals surface area contributed by atoms with Crippen molar-refractivity contribution in [1.82, 2.24) is 9.97 Å². The summed E-state index contributed by atoms with van der Waals surface area (Å²) >= 11 is 3.63. The third-order valence-corrected chi connectivity index (χ3v) is 3.84. The third kappa shape index (κ3) is 4.70. The van der Waals surface area contributed by atoms with Crippen LogP contribution in [0.3, 0.4) is 0 Å². The van der Waals surface area contributed by atoms with Crippen LogP contribution in [-0.2, 0) is 11.2 Å². The van der Waals surface area contributed by atoms with Crippen LogP contribution in [0, 0.1) is 5.92 Å². The van der Waals surface area contributed by atoms with Crippen LogP contribution in [0.5, 0.6) is 0 Å².